The summed E-state index contributed by atoms with van der Waals surface area (Å²) >= 11 is 0. The number of carbonyl (C=O) groups is 1. The molecule has 1 aromatic rings. The average molecular weight is 211 g/mol. The van der Waals surface area contributed by atoms with E-state index in [9.17, 15) is 9.18 Å². The lowest BCUT2D eigenvalue weighted by molar-refractivity contribution is 0.167. The Hall–Kier alpha value is -1.58. The molecule has 1 atom stereocenters. The SMILES string of the molecule is COC(=O)NC(C)Cc1ccc(F)cc1. The monoisotopic (exact) mass is 211 g/mol. The summed E-state index contributed by atoms with van der Waals surface area (Å²) < 4.78 is 17.1. The average Bonchev–Trinajstić information content (AvgIpc) is 2.21. The van der Waals surface area contributed by atoms with Gasteiger partial charge in [0.1, 0.15) is 5.82 Å². The quantitative estimate of drug-likeness (QED) is 0.831. The second-order valence-electron chi connectivity index (χ2n) is 3.37. The van der Waals surface area contributed by atoms with E-state index in [1.54, 1.807) is 12.1 Å². The van der Waals surface area contributed by atoms with Gasteiger partial charge in [0.05, 0.1) is 7.11 Å². The van der Waals surface area contributed by atoms with Gasteiger partial charge in [-0.25, -0.2) is 9.18 Å². The minimum atomic E-state index is -0.454. The molecule has 3 nitrogen and oxygen atoms in total. The van der Waals surface area contributed by atoms with Crippen LogP contribution in [0, 0.1) is 5.82 Å². The number of hydrogen-bond donors (Lipinski definition) is 1. The van der Waals surface area contributed by atoms with Crippen LogP contribution < -0.4 is 5.32 Å². The number of methoxy groups -OCH3 is 1. The first-order valence-corrected chi connectivity index (χ1v) is 4.70. The summed E-state index contributed by atoms with van der Waals surface area (Å²) in [6.07, 6.45) is 0.194. The molecule has 0 aliphatic heterocycles. The summed E-state index contributed by atoms with van der Waals surface area (Å²) in [5.41, 5.74) is 0.973. The molecule has 0 spiro atoms. The molecule has 1 N–H and O–H groups in total. The van der Waals surface area contributed by atoms with E-state index in [1.807, 2.05) is 6.92 Å². The lowest BCUT2D eigenvalue weighted by Gasteiger charge is -2.12. The number of benzene rings is 1. The maximum Gasteiger partial charge on any atom is 0.407 e. The second-order valence-corrected chi connectivity index (χ2v) is 3.37. The Balaban J connectivity index is 2.47. The van der Waals surface area contributed by atoms with Gasteiger partial charge in [-0.15, -0.1) is 0 Å². The fraction of sp³-hybridized carbons (Fsp3) is 0.364. The number of ether oxygens (including phenoxy) is 1. The van der Waals surface area contributed by atoms with E-state index in [0.717, 1.165) is 5.56 Å². The molecule has 4 heteroatoms. The minimum Gasteiger partial charge on any atom is -0.453 e. The Morgan fingerprint density at radius 3 is 2.60 bits per heavy atom. The highest BCUT2D eigenvalue weighted by Gasteiger charge is 2.07. The largest absolute Gasteiger partial charge is 0.453 e. The Morgan fingerprint density at radius 1 is 1.47 bits per heavy atom. The molecule has 0 bridgehead atoms. The molecule has 1 aromatic carbocycles. The van der Waals surface area contributed by atoms with E-state index < -0.39 is 6.09 Å². The Morgan fingerprint density at radius 2 is 2.07 bits per heavy atom. The molecule has 0 saturated heterocycles. The predicted octanol–water partition coefficient (Wildman–Crippen LogP) is 2.11. The molecule has 0 fully saturated rings. The molecule has 1 unspecified atom stereocenters. The minimum absolute atomic E-state index is 0.0390. The molecule has 0 saturated carbocycles. The van der Waals surface area contributed by atoms with Crippen LogP contribution >= 0.6 is 0 Å². The molecular weight excluding hydrogens is 197 g/mol. The summed E-state index contributed by atoms with van der Waals surface area (Å²) in [4.78, 5) is 10.9. The number of rotatable bonds is 3. The van der Waals surface area contributed by atoms with Crippen LogP contribution in [0.15, 0.2) is 24.3 Å². The lowest BCUT2D eigenvalue weighted by Crippen LogP contribution is -2.33. The zero-order chi connectivity index (χ0) is 11.3. The zero-order valence-electron chi connectivity index (χ0n) is 8.79. The van der Waals surface area contributed by atoms with Gasteiger partial charge in [0.25, 0.3) is 0 Å². The van der Waals surface area contributed by atoms with Crippen molar-refractivity contribution >= 4 is 6.09 Å². The van der Waals surface area contributed by atoms with Gasteiger partial charge in [0.15, 0.2) is 0 Å². The van der Waals surface area contributed by atoms with Crippen molar-refractivity contribution in [3.63, 3.8) is 0 Å². The van der Waals surface area contributed by atoms with Crippen molar-refractivity contribution in [1.29, 1.82) is 0 Å². The molecule has 0 aliphatic carbocycles. The van der Waals surface area contributed by atoms with Crippen LogP contribution in [0.25, 0.3) is 0 Å². The van der Waals surface area contributed by atoms with Gasteiger partial charge < -0.3 is 10.1 Å². The molecule has 0 radical (unpaired) electrons. The fourth-order valence-electron chi connectivity index (χ4n) is 1.29. The summed E-state index contributed by atoms with van der Waals surface area (Å²) in [7, 11) is 1.32. The summed E-state index contributed by atoms with van der Waals surface area (Å²) in [6.45, 7) is 1.86. The normalized spacial score (nSPS) is 11.9. The van der Waals surface area contributed by atoms with Gasteiger partial charge in [-0.2, -0.15) is 0 Å². The van der Waals surface area contributed by atoms with Crippen LogP contribution in [0.5, 0.6) is 0 Å². The first kappa shape index (κ1) is 11.5. The van der Waals surface area contributed by atoms with E-state index in [0.29, 0.717) is 6.42 Å². The molecule has 0 aliphatic rings. The van der Waals surface area contributed by atoms with E-state index in [2.05, 4.69) is 10.1 Å². The molecular formula is C11H14FNO2. The van der Waals surface area contributed by atoms with Gasteiger partial charge in [-0.05, 0) is 31.0 Å². The number of hydrogen-bond acceptors (Lipinski definition) is 2. The number of nitrogens with one attached hydrogen (secondary N) is 1. The van der Waals surface area contributed by atoms with E-state index in [-0.39, 0.29) is 11.9 Å². The molecule has 0 aromatic heterocycles. The van der Waals surface area contributed by atoms with Gasteiger partial charge in [0, 0.05) is 6.04 Å². The number of alkyl carbamates (subject to hydrolysis) is 1. The first-order chi connectivity index (χ1) is 7.11. The van der Waals surface area contributed by atoms with Gasteiger partial charge in [-0.1, -0.05) is 12.1 Å². The van der Waals surface area contributed by atoms with Crippen LogP contribution in [0.4, 0.5) is 9.18 Å². The van der Waals surface area contributed by atoms with Crippen molar-refractivity contribution in [1.82, 2.24) is 5.32 Å². The molecule has 82 valence electrons. The third-order valence-corrected chi connectivity index (χ3v) is 2.00. The van der Waals surface area contributed by atoms with Crippen LogP contribution in [-0.4, -0.2) is 19.2 Å². The zero-order valence-corrected chi connectivity index (χ0v) is 8.79. The van der Waals surface area contributed by atoms with E-state index in [4.69, 9.17) is 0 Å². The van der Waals surface area contributed by atoms with Gasteiger partial charge >= 0.3 is 6.09 Å². The second kappa shape index (κ2) is 5.34. The number of halogens is 1. The van der Waals surface area contributed by atoms with Crippen molar-refractivity contribution in [2.24, 2.45) is 0 Å². The topological polar surface area (TPSA) is 38.3 Å². The Bertz CT molecular complexity index is 324. The third kappa shape index (κ3) is 3.97. The van der Waals surface area contributed by atoms with Crippen molar-refractivity contribution in [3.8, 4) is 0 Å². The maximum atomic E-state index is 12.6. The predicted molar refractivity (Wildman–Crippen MR) is 55.1 cm³/mol. The highest BCUT2D eigenvalue weighted by atomic mass is 19.1. The van der Waals surface area contributed by atoms with Crippen LogP contribution in [0.2, 0.25) is 0 Å². The van der Waals surface area contributed by atoms with Gasteiger partial charge in [-0.3, -0.25) is 0 Å². The van der Waals surface area contributed by atoms with Crippen molar-refractivity contribution in [2.45, 2.75) is 19.4 Å². The summed E-state index contributed by atoms with van der Waals surface area (Å²) in [5.74, 6) is -0.257. The highest BCUT2D eigenvalue weighted by Crippen LogP contribution is 2.05. The summed E-state index contributed by atoms with van der Waals surface area (Å²) in [5, 5.41) is 2.64. The van der Waals surface area contributed by atoms with Crippen molar-refractivity contribution in [3.05, 3.63) is 35.6 Å². The van der Waals surface area contributed by atoms with Crippen LogP contribution in [0.3, 0.4) is 0 Å². The summed E-state index contributed by atoms with van der Waals surface area (Å²) in [6, 6.07) is 6.17. The molecule has 0 heterocycles. The Labute approximate surface area is 88.2 Å². The maximum absolute atomic E-state index is 12.6. The lowest BCUT2D eigenvalue weighted by atomic mass is 10.1. The van der Waals surface area contributed by atoms with Crippen molar-refractivity contribution in [2.75, 3.05) is 7.11 Å². The standard InChI is InChI=1S/C11H14FNO2/c1-8(13-11(14)15-2)7-9-3-5-10(12)6-4-9/h3-6,8H,7H2,1-2H3,(H,13,14). The first-order valence-electron chi connectivity index (χ1n) is 4.70. The Kier molecular flexibility index (Phi) is 4.09. The van der Waals surface area contributed by atoms with E-state index in [1.165, 1.54) is 19.2 Å². The molecule has 1 amide bonds. The fourth-order valence-corrected chi connectivity index (χ4v) is 1.29. The highest BCUT2D eigenvalue weighted by molar-refractivity contribution is 5.67. The number of carbonyl (C=O) groups excluding carboxylic acids is 1. The third-order valence-electron chi connectivity index (χ3n) is 2.00. The number of amides is 1. The van der Waals surface area contributed by atoms with Crippen LogP contribution in [0.1, 0.15) is 12.5 Å². The van der Waals surface area contributed by atoms with Crippen molar-refractivity contribution < 1.29 is 13.9 Å². The van der Waals surface area contributed by atoms with Crippen LogP contribution in [-0.2, 0) is 11.2 Å². The molecule has 15 heavy (non-hydrogen) atoms. The van der Waals surface area contributed by atoms with Gasteiger partial charge in [0.2, 0.25) is 0 Å². The molecule has 1 rings (SSSR count). The smallest absolute Gasteiger partial charge is 0.407 e. The van der Waals surface area contributed by atoms with E-state index >= 15 is 0 Å².